The molecule has 1 aromatic carbocycles. The highest BCUT2D eigenvalue weighted by Gasteiger charge is 2.55. The number of nitrogens with one attached hydrogen (secondary N) is 1. The Morgan fingerprint density at radius 2 is 2.00 bits per heavy atom. The molecule has 0 atom stereocenters. The minimum atomic E-state index is -3.53. The standard InChI is InChI=1S/C14H18BrNO3S/c1-9-6-12(4-5-13(9)15)20(18,19)16-14(10-2-3-10)7-11(17)8-14/h4-6,10-11,16-17H,2-3,7-8H2,1H3. The number of aryl methyl sites for hydroxylation is 1. The molecule has 0 spiro atoms. The Morgan fingerprint density at radius 1 is 1.35 bits per heavy atom. The molecule has 4 nitrogen and oxygen atoms in total. The largest absolute Gasteiger partial charge is 0.393 e. The van der Waals surface area contributed by atoms with Crippen LogP contribution in [0.4, 0.5) is 0 Å². The zero-order valence-corrected chi connectivity index (χ0v) is 13.7. The molecule has 6 heteroatoms. The van der Waals surface area contributed by atoms with Crippen molar-refractivity contribution in [2.75, 3.05) is 0 Å². The van der Waals surface area contributed by atoms with Crippen LogP contribution >= 0.6 is 15.9 Å². The van der Waals surface area contributed by atoms with Crippen molar-refractivity contribution in [2.45, 2.75) is 49.1 Å². The van der Waals surface area contributed by atoms with E-state index in [9.17, 15) is 13.5 Å². The minimum Gasteiger partial charge on any atom is -0.393 e. The molecule has 20 heavy (non-hydrogen) atoms. The highest BCUT2D eigenvalue weighted by atomic mass is 79.9. The van der Waals surface area contributed by atoms with Gasteiger partial charge in [0.25, 0.3) is 0 Å². The van der Waals surface area contributed by atoms with Gasteiger partial charge in [-0.25, -0.2) is 13.1 Å². The SMILES string of the molecule is Cc1cc(S(=O)(=O)NC2(C3CC3)CC(O)C2)ccc1Br. The van der Waals surface area contributed by atoms with Gasteiger partial charge in [-0.1, -0.05) is 15.9 Å². The predicted molar refractivity (Wildman–Crippen MR) is 79.9 cm³/mol. The monoisotopic (exact) mass is 359 g/mol. The highest BCUT2D eigenvalue weighted by Crippen LogP contribution is 2.51. The maximum Gasteiger partial charge on any atom is 0.241 e. The molecule has 0 amide bonds. The Bertz CT molecular complexity index is 634. The summed E-state index contributed by atoms with van der Waals surface area (Å²) in [6.45, 7) is 1.87. The third kappa shape index (κ3) is 2.54. The summed E-state index contributed by atoms with van der Waals surface area (Å²) in [5, 5.41) is 9.57. The van der Waals surface area contributed by atoms with Gasteiger partial charge in [0, 0.05) is 10.0 Å². The van der Waals surface area contributed by atoms with Crippen LogP contribution in [0.25, 0.3) is 0 Å². The third-order valence-electron chi connectivity index (χ3n) is 4.34. The number of aliphatic hydroxyl groups is 1. The number of benzene rings is 1. The molecule has 0 heterocycles. The van der Waals surface area contributed by atoms with Gasteiger partial charge in [-0.3, -0.25) is 0 Å². The maximum absolute atomic E-state index is 12.5. The van der Waals surface area contributed by atoms with E-state index < -0.39 is 15.6 Å². The van der Waals surface area contributed by atoms with Crippen molar-refractivity contribution in [3.63, 3.8) is 0 Å². The lowest BCUT2D eigenvalue weighted by atomic mass is 9.72. The van der Waals surface area contributed by atoms with Gasteiger partial charge < -0.3 is 5.11 Å². The average Bonchev–Trinajstić information content (AvgIpc) is 3.14. The molecule has 110 valence electrons. The molecule has 0 unspecified atom stereocenters. The molecule has 2 saturated carbocycles. The Kier molecular flexibility index (Phi) is 3.48. The second kappa shape index (κ2) is 4.80. The van der Waals surface area contributed by atoms with Crippen molar-refractivity contribution in [1.29, 1.82) is 0 Å². The van der Waals surface area contributed by atoms with Gasteiger partial charge in [0.15, 0.2) is 0 Å². The first-order chi connectivity index (χ1) is 9.32. The molecular formula is C14H18BrNO3S. The van der Waals surface area contributed by atoms with E-state index in [1.54, 1.807) is 18.2 Å². The Morgan fingerprint density at radius 3 is 2.50 bits per heavy atom. The van der Waals surface area contributed by atoms with Crippen LogP contribution in [0.3, 0.4) is 0 Å². The number of halogens is 1. The Labute approximate surface area is 127 Å². The number of hydrogen-bond donors (Lipinski definition) is 2. The number of sulfonamides is 1. The zero-order valence-electron chi connectivity index (χ0n) is 11.3. The first-order valence-electron chi connectivity index (χ1n) is 6.81. The van der Waals surface area contributed by atoms with E-state index in [0.717, 1.165) is 22.9 Å². The topological polar surface area (TPSA) is 66.4 Å². The summed E-state index contributed by atoms with van der Waals surface area (Å²) < 4.78 is 28.8. The molecule has 2 aliphatic rings. The van der Waals surface area contributed by atoms with Gasteiger partial charge >= 0.3 is 0 Å². The average molecular weight is 360 g/mol. The van der Waals surface area contributed by atoms with E-state index in [0.29, 0.717) is 23.7 Å². The van der Waals surface area contributed by atoms with Crippen LogP contribution in [0, 0.1) is 12.8 Å². The van der Waals surface area contributed by atoms with Gasteiger partial charge in [0.2, 0.25) is 10.0 Å². The smallest absolute Gasteiger partial charge is 0.241 e. The van der Waals surface area contributed by atoms with Crippen molar-refractivity contribution < 1.29 is 13.5 Å². The summed E-state index contributed by atoms with van der Waals surface area (Å²) in [6.07, 6.45) is 2.80. The van der Waals surface area contributed by atoms with E-state index in [-0.39, 0.29) is 6.10 Å². The molecule has 2 aliphatic carbocycles. The number of rotatable bonds is 4. The molecule has 2 N–H and O–H groups in total. The molecule has 1 aromatic rings. The zero-order chi connectivity index (χ0) is 14.5. The summed E-state index contributed by atoms with van der Waals surface area (Å²) in [5.41, 5.74) is 0.473. The number of hydrogen-bond acceptors (Lipinski definition) is 3. The molecule has 2 fully saturated rings. The van der Waals surface area contributed by atoms with Crippen molar-refractivity contribution in [2.24, 2.45) is 5.92 Å². The fraction of sp³-hybridized carbons (Fsp3) is 0.571. The summed E-state index contributed by atoms with van der Waals surface area (Å²) in [6, 6.07) is 5.03. The van der Waals surface area contributed by atoms with E-state index in [1.165, 1.54) is 0 Å². The minimum absolute atomic E-state index is 0.291. The Balaban J connectivity index is 1.86. The Hall–Kier alpha value is -0.430. The second-order valence-electron chi connectivity index (χ2n) is 6.01. The van der Waals surface area contributed by atoms with Crippen LogP contribution < -0.4 is 4.72 Å². The molecule has 0 aliphatic heterocycles. The molecule has 0 aromatic heterocycles. The van der Waals surface area contributed by atoms with Crippen molar-refractivity contribution in [1.82, 2.24) is 4.72 Å². The molecule has 3 rings (SSSR count). The maximum atomic E-state index is 12.5. The van der Waals surface area contributed by atoms with Crippen LogP contribution in [0.5, 0.6) is 0 Å². The van der Waals surface area contributed by atoms with Gasteiger partial charge in [-0.2, -0.15) is 0 Å². The van der Waals surface area contributed by atoms with Gasteiger partial charge in [-0.15, -0.1) is 0 Å². The summed E-state index contributed by atoms with van der Waals surface area (Å²) >= 11 is 3.38. The second-order valence-corrected chi connectivity index (χ2v) is 8.55. The lowest BCUT2D eigenvalue weighted by molar-refractivity contribution is 0.00233. The van der Waals surface area contributed by atoms with Crippen LogP contribution in [-0.2, 0) is 10.0 Å². The van der Waals surface area contributed by atoms with Gasteiger partial charge in [0.05, 0.1) is 11.0 Å². The first-order valence-corrected chi connectivity index (χ1v) is 9.08. The predicted octanol–water partition coefficient (Wildman–Crippen LogP) is 2.34. The van der Waals surface area contributed by atoms with Crippen molar-refractivity contribution in [3.8, 4) is 0 Å². The van der Waals surface area contributed by atoms with E-state index in [4.69, 9.17) is 0 Å². The summed E-state index contributed by atoms with van der Waals surface area (Å²) in [7, 11) is -3.53. The summed E-state index contributed by atoms with van der Waals surface area (Å²) in [4.78, 5) is 0.291. The fourth-order valence-electron chi connectivity index (χ4n) is 3.03. The summed E-state index contributed by atoms with van der Waals surface area (Å²) in [5.74, 6) is 0.386. The van der Waals surface area contributed by atoms with E-state index >= 15 is 0 Å². The van der Waals surface area contributed by atoms with Crippen LogP contribution in [0.1, 0.15) is 31.2 Å². The highest BCUT2D eigenvalue weighted by molar-refractivity contribution is 9.10. The lowest BCUT2D eigenvalue weighted by Crippen LogP contribution is -2.60. The lowest BCUT2D eigenvalue weighted by Gasteiger charge is -2.46. The molecule has 0 bridgehead atoms. The third-order valence-corrected chi connectivity index (χ3v) is 6.78. The number of aliphatic hydroxyl groups excluding tert-OH is 1. The molecule has 0 saturated heterocycles. The molecule has 0 radical (unpaired) electrons. The molecular weight excluding hydrogens is 342 g/mol. The normalized spacial score (nSPS) is 30.1. The van der Waals surface area contributed by atoms with E-state index in [1.807, 2.05) is 6.92 Å². The van der Waals surface area contributed by atoms with Crippen LogP contribution in [0.2, 0.25) is 0 Å². The van der Waals surface area contributed by atoms with E-state index in [2.05, 4.69) is 20.7 Å². The van der Waals surface area contributed by atoms with Gasteiger partial charge in [0.1, 0.15) is 0 Å². The van der Waals surface area contributed by atoms with Gasteiger partial charge in [-0.05, 0) is 62.3 Å². The quantitative estimate of drug-likeness (QED) is 0.866. The van der Waals surface area contributed by atoms with Crippen LogP contribution in [-0.4, -0.2) is 25.2 Å². The van der Waals surface area contributed by atoms with Crippen molar-refractivity contribution >= 4 is 26.0 Å². The fourth-order valence-corrected chi connectivity index (χ4v) is 4.84. The first kappa shape index (κ1) is 14.5. The van der Waals surface area contributed by atoms with Crippen molar-refractivity contribution in [3.05, 3.63) is 28.2 Å². The van der Waals surface area contributed by atoms with Crippen LogP contribution in [0.15, 0.2) is 27.6 Å².